The van der Waals surface area contributed by atoms with Gasteiger partial charge in [0.15, 0.2) is 0 Å². The molecule has 0 bridgehead atoms. The van der Waals surface area contributed by atoms with Crippen molar-refractivity contribution in [3.63, 3.8) is 0 Å². The summed E-state index contributed by atoms with van der Waals surface area (Å²) in [6.07, 6.45) is 5.19. The minimum atomic E-state index is -0.935. The topological polar surface area (TPSA) is 43.4 Å². The maximum absolute atomic E-state index is 13.5. The minimum absolute atomic E-state index is 0.257. The van der Waals surface area contributed by atoms with Gasteiger partial charge in [0.2, 0.25) is 0 Å². The predicted octanol–water partition coefficient (Wildman–Crippen LogP) is 8.06. The van der Waals surface area contributed by atoms with Crippen molar-refractivity contribution in [2.75, 3.05) is 6.16 Å². The van der Waals surface area contributed by atoms with Gasteiger partial charge in [-0.3, -0.25) is 0 Å². The van der Waals surface area contributed by atoms with Crippen molar-refractivity contribution in [2.45, 2.75) is 42.7 Å². The zero-order valence-corrected chi connectivity index (χ0v) is 21.3. The monoisotopic (exact) mass is 498 g/mol. The molecular formula is C30H28O3P2. The Morgan fingerprint density at radius 3 is 1.54 bits per heavy atom. The average Bonchev–Trinajstić information content (AvgIpc) is 3.62. The molecule has 6 rings (SSSR count). The molecule has 2 saturated heterocycles. The molecule has 0 aromatic heterocycles. The Bertz CT molecular complexity index is 1210. The van der Waals surface area contributed by atoms with E-state index in [1.165, 1.54) is 16.7 Å². The molecule has 0 amide bonds. The fourth-order valence-corrected chi connectivity index (χ4v) is 13.3. The van der Waals surface area contributed by atoms with E-state index in [-0.39, 0.29) is 23.3 Å². The van der Waals surface area contributed by atoms with Crippen molar-refractivity contribution in [2.24, 2.45) is 0 Å². The number of carbonyl (C=O) groups excluding carboxylic acids is 2. The van der Waals surface area contributed by atoms with Crippen molar-refractivity contribution in [3.8, 4) is 0 Å². The van der Waals surface area contributed by atoms with Gasteiger partial charge in [0.05, 0.1) is 10.6 Å². The maximum Gasteiger partial charge on any atom is 0.347 e. The zero-order chi connectivity index (χ0) is 23.8. The average molecular weight is 498 g/mol. The van der Waals surface area contributed by atoms with Crippen LogP contribution in [0.4, 0.5) is 0 Å². The number of rotatable bonds is 5. The van der Waals surface area contributed by atoms with E-state index >= 15 is 0 Å². The number of ether oxygens (including phenoxy) is 1. The largest absolute Gasteiger partial charge is 0.386 e. The lowest BCUT2D eigenvalue weighted by Crippen LogP contribution is -2.05. The van der Waals surface area contributed by atoms with Crippen LogP contribution in [0.15, 0.2) is 102 Å². The number of hydrogen-bond acceptors (Lipinski definition) is 3. The molecule has 5 heteroatoms. The van der Waals surface area contributed by atoms with Crippen LogP contribution in [0.5, 0.6) is 0 Å². The van der Waals surface area contributed by atoms with E-state index in [4.69, 9.17) is 4.74 Å². The highest BCUT2D eigenvalue weighted by atomic mass is 31.1. The van der Waals surface area contributed by atoms with Gasteiger partial charge < -0.3 is 4.74 Å². The van der Waals surface area contributed by atoms with Crippen LogP contribution in [0.2, 0.25) is 0 Å². The quantitative estimate of drug-likeness (QED) is 0.203. The summed E-state index contributed by atoms with van der Waals surface area (Å²) in [5.74, 6) is -0.743. The molecule has 0 N–H and O–H groups in total. The summed E-state index contributed by atoms with van der Waals surface area (Å²) in [5.41, 5.74) is 4.66. The first-order valence-corrected chi connectivity index (χ1v) is 15.5. The van der Waals surface area contributed by atoms with Gasteiger partial charge in [0.1, 0.15) is 0 Å². The molecule has 3 aliphatic heterocycles. The van der Waals surface area contributed by atoms with Gasteiger partial charge in [-0.2, -0.15) is 0 Å². The number of cyclic esters (lactones) is 2. The zero-order valence-electron chi connectivity index (χ0n) is 19.5. The van der Waals surface area contributed by atoms with Crippen molar-refractivity contribution in [3.05, 3.63) is 118 Å². The Morgan fingerprint density at radius 2 is 1.03 bits per heavy atom. The predicted molar refractivity (Wildman–Crippen MR) is 143 cm³/mol. The molecule has 3 nitrogen and oxygen atoms in total. The molecule has 0 spiro atoms. The summed E-state index contributed by atoms with van der Waals surface area (Å²) in [5, 5.41) is 1.50. The van der Waals surface area contributed by atoms with E-state index in [1.807, 2.05) is 18.2 Å². The fourth-order valence-electron chi connectivity index (χ4n) is 6.04. The number of hydrogen-bond donors (Lipinski definition) is 0. The van der Waals surface area contributed by atoms with Crippen LogP contribution >= 0.6 is 15.8 Å². The molecule has 3 heterocycles. The van der Waals surface area contributed by atoms with E-state index < -0.39 is 15.8 Å². The molecule has 5 atom stereocenters. The fraction of sp³-hybridized carbons (Fsp3) is 0.267. The Hall–Kier alpha value is -2.60. The third-order valence-electron chi connectivity index (χ3n) is 7.53. The molecule has 3 aliphatic rings. The van der Waals surface area contributed by atoms with Gasteiger partial charge in [-0.1, -0.05) is 107 Å². The molecule has 0 aliphatic carbocycles. The maximum atomic E-state index is 13.5. The molecule has 35 heavy (non-hydrogen) atoms. The van der Waals surface area contributed by atoms with Crippen LogP contribution in [0.3, 0.4) is 0 Å². The lowest BCUT2D eigenvalue weighted by Gasteiger charge is -2.29. The van der Waals surface area contributed by atoms with Crippen molar-refractivity contribution >= 4 is 27.8 Å². The van der Waals surface area contributed by atoms with E-state index in [9.17, 15) is 9.59 Å². The Balaban J connectivity index is 1.49. The second-order valence-corrected chi connectivity index (χ2v) is 14.4. The molecule has 3 aromatic carbocycles. The highest BCUT2D eigenvalue weighted by Gasteiger charge is 2.50. The van der Waals surface area contributed by atoms with Gasteiger partial charge in [-0.15, -0.1) is 0 Å². The third kappa shape index (κ3) is 4.20. The van der Waals surface area contributed by atoms with Gasteiger partial charge in [-0.05, 0) is 48.5 Å². The Labute approximate surface area is 209 Å². The van der Waals surface area contributed by atoms with Crippen LogP contribution in [0.25, 0.3) is 0 Å². The first-order valence-electron chi connectivity index (χ1n) is 12.4. The standard InChI is InChI=1S/C30H28O3P2/c31-29-27(34-20-10-17-24(34)21-11-4-1-5-12-21)28(30(32)33-29)35-25(22-13-6-2-7-14-22)18-19-26(35)23-15-8-3-9-16-23/h1-9,11-16,24-26H,10,17-20H2/t24-,25-,26?,34?,35?/m1/s1. The summed E-state index contributed by atoms with van der Waals surface area (Å²) in [7, 11) is -1.72. The van der Waals surface area contributed by atoms with Gasteiger partial charge in [0.25, 0.3) is 0 Å². The molecule has 2 fully saturated rings. The van der Waals surface area contributed by atoms with Crippen LogP contribution < -0.4 is 0 Å². The number of benzene rings is 3. The van der Waals surface area contributed by atoms with Gasteiger partial charge in [-0.25, -0.2) is 9.59 Å². The van der Waals surface area contributed by atoms with Crippen LogP contribution in [0.1, 0.15) is 59.4 Å². The van der Waals surface area contributed by atoms with Gasteiger partial charge in [0, 0.05) is 17.0 Å². The molecular weight excluding hydrogens is 470 g/mol. The van der Waals surface area contributed by atoms with E-state index in [0.29, 0.717) is 5.66 Å². The highest BCUT2D eigenvalue weighted by molar-refractivity contribution is 7.69. The third-order valence-corrected chi connectivity index (χ3v) is 14.2. The van der Waals surface area contributed by atoms with Crippen LogP contribution in [-0.2, 0) is 14.3 Å². The summed E-state index contributed by atoms with van der Waals surface area (Å²) >= 11 is 0. The summed E-state index contributed by atoms with van der Waals surface area (Å²) in [4.78, 5) is 26.8. The smallest absolute Gasteiger partial charge is 0.347 e. The number of carbonyl (C=O) groups is 2. The summed E-state index contributed by atoms with van der Waals surface area (Å²) < 4.78 is 5.44. The first-order chi connectivity index (χ1) is 17.2. The molecule has 3 aromatic rings. The van der Waals surface area contributed by atoms with Crippen molar-refractivity contribution in [1.29, 1.82) is 0 Å². The molecule has 176 valence electrons. The second kappa shape index (κ2) is 9.81. The minimum Gasteiger partial charge on any atom is -0.386 e. The lowest BCUT2D eigenvalue weighted by molar-refractivity contribution is -0.150. The van der Waals surface area contributed by atoms with E-state index in [2.05, 4.69) is 72.8 Å². The van der Waals surface area contributed by atoms with Crippen LogP contribution in [0, 0.1) is 0 Å². The number of esters is 2. The van der Waals surface area contributed by atoms with Crippen molar-refractivity contribution < 1.29 is 14.3 Å². The Kier molecular flexibility index (Phi) is 6.40. The summed E-state index contributed by atoms with van der Waals surface area (Å²) in [6.45, 7) is 0. The normalized spacial score (nSPS) is 28.5. The second-order valence-electron chi connectivity index (χ2n) is 9.47. The van der Waals surface area contributed by atoms with E-state index in [0.717, 1.165) is 42.5 Å². The first kappa shape index (κ1) is 22.8. The Morgan fingerprint density at radius 1 is 0.571 bits per heavy atom. The molecule has 0 saturated carbocycles. The SMILES string of the molecule is O=C1OC(=O)C(P2C(c3ccccc3)CC[C@@H]2c2ccccc2)=C1P1CCC[C@@H]1c1ccccc1. The molecule has 3 unspecified atom stereocenters. The van der Waals surface area contributed by atoms with Crippen LogP contribution in [-0.4, -0.2) is 18.1 Å². The highest BCUT2D eigenvalue weighted by Crippen LogP contribution is 2.78. The van der Waals surface area contributed by atoms with E-state index in [1.54, 1.807) is 0 Å². The van der Waals surface area contributed by atoms with Crippen molar-refractivity contribution in [1.82, 2.24) is 0 Å². The lowest BCUT2D eigenvalue weighted by atomic mass is 10.0. The molecule has 0 radical (unpaired) electrons. The summed E-state index contributed by atoms with van der Waals surface area (Å²) in [6, 6.07) is 31.7. The van der Waals surface area contributed by atoms with Gasteiger partial charge >= 0.3 is 11.9 Å².